The third-order valence-corrected chi connectivity index (χ3v) is 4.47. The molecule has 138 valence electrons. The van der Waals surface area contributed by atoms with E-state index in [9.17, 15) is 19.7 Å². The number of aliphatic hydroxyl groups excluding tert-OH is 2. The summed E-state index contributed by atoms with van der Waals surface area (Å²) in [6.45, 7) is 0.811. The van der Waals surface area contributed by atoms with Crippen molar-refractivity contribution in [3.8, 4) is 5.82 Å². The zero-order valence-electron chi connectivity index (χ0n) is 13.6. The number of fused-ring (bicyclic) bond motifs is 1. The van der Waals surface area contributed by atoms with E-state index in [0.717, 1.165) is 6.20 Å². The Bertz CT molecular complexity index is 958. The van der Waals surface area contributed by atoms with Crippen LogP contribution < -0.4 is 5.73 Å². The number of aliphatic hydroxyl groups is 3. The molecule has 0 radical (unpaired) electrons. The normalized spacial score (nSPS) is 28.9. The number of aromatic nitrogens is 6. The lowest BCUT2D eigenvalue weighted by Gasteiger charge is -2.27. The van der Waals surface area contributed by atoms with E-state index in [0.29, 0.717) is 0 Å². The molecule has 1 aliphatic rings. The first-order valence-electron chi connectivity index (χ1n) is 7.70. The van der Waals surface area contributed by atoms with E-state index in [1.807, 2.05) is 0 Å². The Morgan fingerprint density at radius 1 is 1.35 bits per heavy atom. The summed E-state index contributed by atoms with van der Waals surface area (Å²) in [6, 6.07) is 0. The summed E-state index contributed by atoms with van der Waals surface area (Å²) in [7, 11) is 0. The summed E-state index contributed by atoms with van der Waals surface area (Å²) in [5, 5.41) is 37.5. The van der Waals surface area contributed by atoms with Gasteiger partial charge in [-0.25, -0.2) is 4.39 Å². The topological polar surface area (TPSA) is 157 Å². The Balaban J connectivity index is 1.93. The second kappa shape index (κ2) is 5.67. The van der Waals surface area contributed by atoms with Crippen molar-refractivity contribution in [3.05, 3.63) is 24.7 Å². The second-order valence-electron chi connectivity index (χ2n) is 6.24. The molecule has 0 amide bonds. The van der Waals surface area contributed by atoms with Gasteiger partial charge in [0.15, 0.2) is 23.5 Å². The summed E-state index contributed by atoms with van der Waals surface area (Å²) in [5.74, 6) is -0.715. The smallest absolute Gasteiger partial charge is 0.224 e. The maximum Gasteiger partial charge on any atom is 0.224 e. The molecule has 0 aromatic carbocycles. The van der Waals surface area contributed by atoms with Crippen LogP contribution in [0, 0.1) is 5.82 Å². The average Bonchev–Trinajstić information content (AvgIpc) is 3.27. The van der Waals surface area contributed by atoms with Gasteiger partial charge in [0.05, 0.1) is 12.0 Å². The quantitative estimate of drug-likeness (QED) is 0.444. The van der Waals surface area contributed by atoms with Crippen LogP contribution in [0.15, 0.2) is 18.9 Å². The fourth-order valence-electron chi connectivity index (χ4n) is 3.17. The maximum absolute atomic E-state index is 14.7. The van der Waals surface area contributed by atoms with Crippen molar-refractivity contribution in [1.82, 2.24) is 29.3 Å². The van der Waals surface area contributed by atoms with E-state index in [2.05, 4.69) is 20.2 Å². The summed E-state index contributed by atoms with van der Waals surface area (Å²) >= 11 is 0. The number of rotatable bonds is 3. The lowest BCUT2D eigenvalue weighted by molar-refractivity contribution is -0.0949. The number of hydrogen-bond acceptors (Lipinski definition) is 9. The van der Waals surface area contributed by atoms with Gasteiger partial charge in [-0.3, -0.25) is 9.13 Å². The van der Waals surface area contributed by atoms with Gasteiger partial charge in [0, 0.05) is 6.20 Å². The van der Waals surface area contributed by atoms with Gasteiger partial charge in [0.1, 0.15) is 30.5 Å². The molecule has 1 aliphatic heterocycles. The highest BCUT2D eigenvalue weighted by atomic mass is 19.1. The lowest BCUT2D eigenvalue weighted by Crippen LogP contribution is -2.44. The molecule has 12 heteroatoms. The van der Waals surface area contributed by atoms with Crippen LogP contribution >= 0.6 is 0 Å². The maximum atomic E-state index is 14.7. The summed E-state index contributed by atoms with van der Waals surface area (Å²) < 4.78 is 22.8. The van der Waals surface area contributed by atoms with Crippen molar-refractivity contribution in [2.45, 2.75) is 31.0 Å². The Kier molecular flexibility index (Phi) is 3.66. The Labute approximate surface area is 145 Å². The minimum atomic E-state index is -1.80. The molecule has 4 heterocycles. The molecular formula is C14H16FN7O4. The third kappa shape index (κ3) is 2.27. The fraction of sp³-hybridized carbons (Fsp3) is 0.429. The summed E-state index contributed by atoms with van der Waals surface area (Å²) in [6.07, 6.45) is 0.0988. The number of anilines is 1. The SMILES string of the molecule is C[C@@]1(O)[C@H](O)[C@@H](CO)O[C@H]1n1cc(F)c2c(-n3cnnc3)nc(N)nc21. The van der Waals surface area contributed by atoms with Gasteiger partial charge >= 0.3 is 0 Å². The molecule has 3 aromatic rings. The number of nitrogens with zero attached hydrogens (tertiary/aromatic N) is 6. The lowest BCUT2D eigenvalue weighted by atomic mass is 9.96. The van der Waals surface area contributed by atoms with Crippen LogP contribution in [0.3, 0.4) is 0 Å². The zero-order valence-corrected chi connectivity index (χ0v) is 13.6. The molecule has 11 nitrogen and oxygen atoms in total. The van der Waals surface area contributed by atoms with Gasteiger partial charge in [0.2, 0.25) is 5.95 Å². The van der Waals surface area contributed by atoms with Gasteiger partial charge < -0.3 is 25.8 Å². The van der Waals surface area contributed by atoms with Crippen LogP contribution in [0.4, 0.5) is 10.3 Å². The van der Waals surface area contributed by atoms with Gasteiger partial charge in [-0.05, 0) is 6.92 Å². The molecule has 5 N–H and O–H groups in total. The van der Waals surface area contributed by atoms with Crippen molar-refractivity contribution in [1.29, 1.82) is 0 Å². The summed E-state index contributed by atoms with van der Waals surface area (Å²) in [5.41, 5.74) is 4.00. The molecule has 1 fully saturated rings. The predicted molar refractivity (Wildman–Crippen MR) is 84.4 cm³/mol. The highest BCUT2D eigenvalue weighted by Crippen LogP contribution is 2.40. The molecule has 3 aromatic heterocycles. The van der Waals surface area contributed by atoms with Crippen LogP contribution in [0.2, 0.25) is 0 Å². The van der Waals surface area contributed by atoms with Gasteiger partial charge in [-0.15, -0.1) is 10.2 Å². The van der Waals surface area contributed by atoms with Crippen molar-refractivity contribution in [2.24, 2.45) is 0 Å². The second-order valence-corrected chi connectivity index (χ2v) is 6.24. The molecule has 0 unspecified atom stereocenters. The molecular weight excluding hydrogens is 349 g/mol. The zero-order chi connectivity index (χ0) is 18.6. The van der Waals surface area contributed by atoms with Crippen molar-refractivity contribution >= 4 is 17.0 Å². The Morgan fingerprint density at radius 2 is 2.04 bits per heavy atom. The van der Waals surface area contributed by atoms with Crippen LogP contribution in [-0.2, 0) is 4.74 Å². The minimum Gasteiger partial charge on any atom is -0.394 e. The van der Waals surface area contributed by atoms with E-state index in [1.54, 1.807) is 0 Å². The molecule has 0 bridgehead atoms. The molecule has 4 rings (SSSR count). The molecule has 4 atom stereocenters. The largest absolute Gasteiger partial charge is 0.394 e. The number of ether oxygens (including phenoxy) is 1. The third-order valence-electron chi connectivity index (χ3n) is 4.47. The van der Waals surface area contributed by atoms with E-state index < -0.39 is 36.5 Å². The van der Waals surface area contributed by atoms with Gasteiger partial charge in [-0.2, -0.15) is 9.97 Å². The molecule has 0 aliphatic carbocycles. The Hall–Kier alpha value is -2.67. The van der Waals surface area contributed by atoms with E-state index in [1.165, 1.54) is 28.7 Å². The van der Waals surface area contributed by atoms with Gasteiger partial charge in [-0.1, -0.05) is 0 Å². The number of nitrogen functional groups attached to an aromatic ring is 1. The van der Waals surface area contributed by atoms with Crippen LogP contribution in [0.25, 0.3) is 16.9 Å². The number of halogens is 1. The van der Waals surface area contributed by atoms with Gasteiger partial charge in [0.25, 0.3) is 0 Å². The molecule has 26 heavy (non-hydrogen) atoms. The van der Waals surface area contributed by atoms with Crippen LogP contribution in [-0.4, -0.2) is 69.0 Å². The van der Waals surface area contributed by atoms with Crippen molar-refractivity contribution < 1.29 is 24.4 Å². The van der Waals surface area contributed by atoms with Crippen molar-refractivity contribution in [2.75, 3.05) is 12.3 Å². The Morgan fingerprint density at radius 3 is 2.65 bits per heavy atom. The monoisotopic (exact) mass is 365 g/mol. The van der Waals surface area contributed by atoms with Crippen LogP contribution in [0.5, 0.6) is 0 Å². The highest BCUT2D eigenvalue weighted by molar-refractivity contribution is 5.85. The first-order valence-corrected chi connectivity index (χ1v) is 7.70. The molecule has 0 spiro atoms. The molecule has 0 saturated carbocycles. The predicted octanol–water partition coefficient (Wildman–Crippen LogP) is -1.27. The van der Waals surface area contributed by atoms with E-state index in [4.69, 9.17) is 10.5 Å². The number of hydrogen-bond donors (Lipinski definition) is 4. The average molecular weight is 365 g/mol. The van der Waals surface area contributed by atoms with Crippen LogP contribution in [0.1, 0.15) is 13.2 Å². The summed E-state index contributed by atoms with van der Waals surface area (Å²) in [4.78, 5) is 8.08. The highest BCUT2D eigenvalue weighted by Gasteiger charge is 2.53. The van der Waals surface area contributed by atoms with E-state index >= 15 is 0 Å². The first kappa shape index (κ1) is 16.8. The standard InChI is InChI=1S/C14H16FN7O4/c1-14(25)9(24)7(3-23)26-12(14)22-2-6(15)8-10(21-4-17-18-5-21)19-13(16)20-11(8)22/h2,4-5,7,9,12,23-25H,3H2,1H3,(H2,16,19,20)/t7-,9-,12-,14-/m1/s1. The van der Waals surface area contributed by atoms with Crippen molar-refractivity contribution in [3.63, 3.8) is 0 Å². The fourth-order valence-corrected chi connectivity index (χ4v) is 3.17. The molecule has 1 saturated heterocycles. The number of nitrogens with two attached hydrogens (primary N) is 1. The van der Waals surface area contributed by atoms with E-state index in [-0.39, 0.29) is 22.8 Å². The minimum absolute atomic E-state index is 0.0142. The first-order chi connectivity index (χ1) is 12.3.